The summed E-state index contributed by atoms with van der Waals surface area (Å²) in [6, 6.07) is 0. The highest BCUT2D eigenvalue weighted by molar-refractivity contribution is 6.30. The number of halogens is 1. The largest absolute Gasteiger partial charge is 0.459 e. The van der Waals surface area contributed by atoms with E-state index in [1.165, 1.54) is 57.4 Å². The number of carbonyl (C=O) groups excluding carboxylic acids is 1. The lowest BCUT2D eigenvalue weighted by atomic mass is 9.47. The van der Waals surface area contributed by atoms with Crippen molar-refractivity contribution in [1.29, 1.82) is 0 Å². The molecule has 0 aliphatic heterocycles. The number of esters is 1. The minimum absolute atomic E-state index is 0.00653. The Kier molecular flexibility index (Phi) is 7.98. The molecule has 3 heteroatoms. The first-order valence-corrected chi connectivity index (χ1v) is 14.7. The summed E-state index contributed by atoms with van der Waals surface area (Å²) in [5.74, 6) is 4.87. The molecule has 192 valence electrons. The van der Waals surface area contributed by atoms with Crippen LogP contribution in [0, 0.1) is 46.3 Å². The normalized spacial score (nSPS) is 40.8. The summed E-state index contributed by atoms with van der Waals surface area (Å²) in [4.78, 5) is 12.1. The molecular formula is C31H49ClO2. The molecule has 0 radical (unpaired) electrons. The zero-order valence-electron chi connectivity index (χ0n) is 22.7. The fraction of sp³-hybridized carbons (Fsp3) is 0.839. The van der Waals surface area contributed by atoms with Crippen LogP contribution < -0.4 is 0 Å². The van der Waals surface area contributed by atoms with Crippen LogP contribution in [0.15, 0.2) is 22.8 Å². The van der Waals surface area contributed by atoms with Crippen molar-refractivity contribution in [3.8, 4) is 0 Å². The molecule has 0 N–H and O–H groups in total. The summed E-state index contributed by atoms with van der Waals surface area (Å²) in [5.41, 5.74) is 2.41. The van der Waals surface area contributed by atoms with Crippen LogP contribution in [-0.4, -0.2) is 12.1 Å². The minimum Gasteiger partial charge on any atom is -0.459 e. The average Bonchev–Trinajstić information content (AvgIpc) is 3.10. The van der Waals surface area contributed by atoms with Gasteiger partial charge in [-0.2, -0.15) is 0 Å². The number of fused-ring (bicyclic) bond motifs is 5. The molecular weight excluding hydrogens is 440 g/mol. The highest BCUT2D eigenvalue weighted by Gasteiger charge is 2.59. The molecule has 3 fully saturated rings. The first kappa shape index (κ1) is 26.3. The van der Waals surface area contributed by atoms with E-state index in [1.807, 2.05) is 0 Å². The molecule has 0 heterocycles. The number of hydrogen-bond acceptors (Lipinski definition) is 2. The van der Waals surface area contributed by atoms with Crippen molar-refractivity contribution < 1.29 is 9.53 Å². The van der Waals surface area contributed by atoms with E-state index in [2.05, 4.69) is 40.7 Å². The average molecular weight is 489 g/mol. The molecule has 0 saturated heterocycles. The van der Waals surface area contributed by atoms with Crippen molar-refractivity contribution >= 4 is 17.6 Å². The lowest BCUT2D eigenvalue weighted by molar-refractivity contribution is -0.145. The third-order valence-electron chi connectivity index (χ3n) is 10.9. The topological polar surface area (TPSA) is 26.3 Å². The van der Waals surface area contributed by atoms with Crippen LogP contribution in [0.3, 0.4) is 0 Å². The minimum atomic E-state index is -0.289. The molecule has 0 bridgehead atoms. The third kappa shape index (κ3) is 5.05. The number of hydrogen-bond donors (Lipinski definition) is 0. The molecule has 0 aromatic rings. The predicted molar refractivity (Wildman–Crippen MR) is 143 cm³/mol. The quantitative estimate of drug-likeness (QED) is 0.203. The molecule has 0 amide bonds. The molecule has 3 saturated carbocycles. The second kappa shape index (κ2) is 10.3. The predicted octanol–water partition coefficient (Wildman–Crippen LogP) is 9.08. The number of carbonyl (C=O) groups is 1. The molecule has 0 aromatic heterocycles. The van der Waals surface area contributed by atoms with Gasteiger partial charge in [0.25, 0.3) is 0 Å². The van der Waals surface area contributed by atoms with Gasteiger partial charge in [0.2, 0.25) is 0 Å². The van der Waals surface area contributed by atoms with Crippen LogP contribution in [0.25, 0.3) is 0 Å². The third-order valence-corrected chi connectivity index (χ3v) is 11.0. The first-order chi connectivity index (χ1) is 16.0. The second-order valence-electron chi connectivity index (χ2n) is 13.3. The number of allylic oxidation sites excluding steroid dienone is 2. The van der Waals surface area contributed by atoms with Gasteiger partial charge in [-0.15, -0.1) is 0 Å². The Morgan fingerprint density at radius 3 is 2.59 bits per heavy atom. The van der Waals surface area contributed by atoms with Crippen LogP contribution in [0.4, 0.5) is 0 Å². The van der Waals surface area contributed by atoms with E-state index in [9.17, 15) is 4.79 Å². The Hall–Kier alpha value is -0.760. The molecule has 4 rings (SSSR count). The van der Waals surface area contributed by atoms with E-state index in [0.29, 0.717) is 15.9 Å². The van der Waals surface area contributed by atoms with E-state index in [0.717, 1.165) is 54.8 Å². The summed E-state index contributed by atoms with van der Waals surface area (Å²) in [6.07, 6.45) is 18.2. The van der Waals surface area contributed by atoms with Crippen molar-refractivity contribution in [3.63, 3.8) is 0 Å². The summed E-state index contributed by atoms with van der Waals surface area (Å²) >= 11 is 5.87. The molecule has 8 unspecified atom stereocenters. The summed E-state index contributed by atoms with van der Waals surface area (Å²) in [5, 5.41) is 0.486. The van der Waals surface area contributed by atoms with Crippen LogP contribution in [-0.2, 0) is 9.53 Å². The van der Waals surface area contributed by atoms with E-state index in [-0.39, 0.29) is 12.1 Å². The molecule has 2 nitrogen and oxygen atoms in total. The van der Waals surface area contributed by atoms with Gasteiger partial charge in [0.05, 0.1) is 0 Å². The van der Waals surface area contributed by atoms with Crippen molar-refractivity contribution in [3.05, 3.63) is 22.8 Å². The maximum absolute atomic E-state index is 12.1. The Balaban J connectivity index is 1.44. The molecule has 4 aliphatic carbocycles. The highest BCUT2D eigenvalue weighted by atomic mass is 35.5. The van der Waals surface area contributed by atoms with E-state index < -0.39 is 0 Å². The van der Waals surface area contributed by atoms with Crippen molar-refractivity contribution in [2.24, 2.45) is 46.3 Å². The summed E-state index contributed by atoms with van der Waals surface area (Å²) in [6.45, 7) is 14.2. The first-order valence-electron chi connectivity index (χ1n) is 14.3. The molecule has 34 heavy (non-hydrogen) atoms. The van der Waals surface area contributed by atoms with E-state index >= 15 is 0 Å². The Morgan fingerprint density at radius 1 is 1.12 bits per heavy atom. The van der Waals surface area contributed by atoms with Gasteiger partial charge in [0.15, 0.2) is 0 Å². The summed E-state index contributed by atoms with van der Waals surface area (Å²) < 4.78 is 5.76. The fourth-order valence-electron chi connectivity index (χ4n) is 9.11. The van der Waals surface area contributed by atoms with E-state index in [4.69, 9.17) is 16.3 Å². The highest BCUT2D eigenvalue weighted by Crippen LogP contribution is 2.67. The van der Waals surface area contributed by atoms with Gasteiger partial charge in [-0.1, -0.05) is 77.1 Å². The van der Waals surface area contributed by atoms with Crippen molar-refractivity contribution in [2.45, 2.75) is 118 Å². The number of rotatable bonds is 7. The van der Waals surface area contributed by atoms with Gasteiger partial charge in [0.1, 0.15) is 6.10 Å². The van der Waals surface area contributed by atoms with Crippen molar-refractivity contribution in [1.82, 2.24) is 0 Å². The van der Waals surface area contributed by atoms with Gasteiger partial charge in [-0.25, -0.2) is 4.79 Å². The molecule has 0 spiro atoms. The van der Waals surface area contributed by atoms with E-state index in [1.54, 1.807) is 12.5 Å². The number of ether oxygens (including phenoxy) is 1. The van der Waals surface area contributed by atoms with Gasteiger partial charge < -0.3 is 4.74 Å². The Morgan fingerprint density at radius 2 is 1.88 bits per heavy atom. The van der Waals surface area contributed by atoms with Gasteiger partial charge in [0, 0.05) is 17.5 Å². The molecule has 0 aromatic carbocycles. The Bertz CT molecular complexity index is 808. The van der Waals surface area contributed by atoms with Crippen LogP contribution in [0.2, 0.25) is 0 Å². The van der Waals surface area contributed by atoms with Gasteiger partial charge in [-0.3, -0.25) is 0 Å². The zero-order valence-corrected chi connectivity index (χ0v) is 23.4. The SMILES string of the molecule is C/C(Cl)=C/C(=O)OC1CCC2(C)C(=CCC3C2CCC2(C)C(C(C)CCCC(C)C)CCC32)C1. The Labute approximate surface area is 214 Å². The zero-order chi connectivity index (χ0) is 24.7. The van der Waals surface area contributed by atoms with Crippen LogP contribution >= 0.6 is 11.6 Å². The van der Waals surface area contributed by atoms with Gasteiger partial charge in [-0.05, 0) is 98.2 Å². The van der Waals surface area contributed by atoms with Gasteiger partial charge >= 0.3 is 5.97 Å². The maximum atomic E-state index is 12.1. The van der Waals surface area contributed by atoms with Crippen LogP contribution in [0.5, 0.6) is 0 Å². The second-order valence-corrected chi connectivity index (χ2v) is 13.9. The lowest BCUT2D eigenvalue weighted by Gasteiger charge is -2.58. The van der Waals surface area contributed by atoms with Crippen molar-refractivity contribution in [2.75, 3.05) is 0 Å². The standard InChI is InChI=1S/C31H49ClO2/c1-20(2)8-7-9-21(3)26-12-13-27-25-11-10-23-19-24(34-29(33)18-22(4)32)14-16-30(23,5)28(25)15-17-31(26,27)6/h10,18,20-21,24-28H,7-9,11-17,19H2,1-6H3/b22-18-. The lowest BCUT2D eigenvalue weighted by Crippen LogP contribution is -2.51. The fourth-order valence-corrected chi connectivity index (χ4v) is 9.20. The molecule has 8 atom stereocenters. The molecule has 4 aliphatic rings. The summed E-state index contributed by atoms with van der Waals surface area (Å²) in [7, 11) is 0. The smallest absolute Gasteiger partial charge is 0.332 e. The maximum Gasteiger partial charge on any atom is 0.332 e. The monoisotopic (exact) mass is 488 g/mol. The van der Waals surface area contributed by atoms with Crippen LogP contribution in [0.1, 0.15) is 112 Å².